The maximum absolute atomic E-state index is 14.2. The molecule has 25 heavy (non-hydrogen) atoms. The lowest BCUT2D eigenvalue weighted by Gasteiger charge is -2.24. The second-order valence-corrected chi connectivity index (χ2v) is 6.11. The zero-order valence-electron chi connectivity index (χ0n) is 14.5. The summed E-state index contributed by atoms with van der Waals surface area (Å²) in [6.07, 6.45) is 2.62. The highest BCUT2D eigenvalue weighted by Gasteiger charge is 2.25. The second-order valence-electron chi connectivity index (χ2n) is 6.11. The van der Waals surface area contributed by atoms with E-state index in [1.807, 2.05) is 19.1 Å². The van der Waals surface area contributed by atoms with Crippen molar-refractivity contribution >= 4 is 11.6 Å². The van der Waals surface area contributed by atoms with Crippen LogP contribution >= 0.6 is 0 Å². The normalized spacial score (nSPS) is 15.0. The van der Waals surface area contributed by atoms with Gasteiger partial charge >= 0.3 is 0 Å². The van der Waals surface area contributed by atoms with E-state index in [9.17, 15) is 9.18 Å². The van der Waals surface area contributed by atoms with Crippen molar-refractivity contribution in [2.75, 3.05) is 38.2 Å². The number of halogens is 1. The minimum atomic E-state index is -0.546. The summed E-state index contributed by atoms with van der Waals surface area (Å²) >= 11 is 0. The number of ether oxygens (including phenoxy) is 1. The molecule has 1 saturated heterocycles. The molecule has 1 aliphatic heterocycles. The van der Waals surface area contributed by atoms with Gasteiger partial charge in [-0.1, -0.05) is 6.07 Å². The summed E-state index contributed by atoms with van der Waals surface area (Å²) in [5.74, 6) is -0.589. The molecule has 1 aromatic heterocycles. The molecule has 1 amide bonds. The predicted molar refractivity (Wildman–Crippen MR) is 94.7 cm³/mol. The molecule has 5 nitrogen and oxygen atoms in total. The highest BCUT2D eigenvalue weighted by molar-refractivity contribution is 5.97. The van der Waals surface area contributed by atoms with Gasteiger partial charge < -0.3 is 14.5 Å². The fraction of sp³-hybridized carbons (Fsp3) is 0.368. The number of hydrogen-bond donors (Lipinski definition) is 0. The smallest absolute Gasteiger partial charge is 0.260 e. The molecular weight excluding hydrogens is 321 g/mol. The standard InChI is InChI=1S/C19H22FN3O2/c1-14-13-15(7-8-21-14)22-9-4-10-23(12-11-22)19(24)18-16(20)5-3-6-17(18)25-2/h3,5-8,13H,4,9-12H2,1-2H3. The van der Waals surface area contributed by atoms with E-state index in [1.165, 1.54) is 13.2 Å². The van der Waals surface area contributed by atoms with Gasteiger partial charge in [0.1, 0.15) is 17.1 Å². The lowest BCUT2D eigenvalue weighted by Crippen LogP contribution is -2.35. The minimum absolute atomic E-state index is 0.0122. The van der Waals surface area contributed by atoms with Crippen LogP contribution in [0, 0.1) is 12.7 Å². The summed E-state index contributed by atoms with van der Waals surface area (Å²) < 4.78 is 19.4. The summed E-state index contributed by atoms with van der Waals surface area (Å²) in [7, 11) is 1.45. The number of hydrogen-bond acceptors (Lipinski definition) is 4. The number of pyridine rings is 1. The number of amides is 1. The Morgan fingerprint density at radius 3 is 2.80 bits per heavy atom. The number of carbonyl (C=O) groups is 1. The number of methoxy groups -OCH3 is 1. The maximum Gasteiger partial charge on any atom is 0.260 e. The van der Waals surface area contributed by atoms with Gasteiger partial charge in [0.15, 0.2) is 0 Å². The molecule has 1 fully saturated rings. The molecule has 0 bridgehead atoms. The average Bonchev–Trinajstić information content (AvgIpc) is 2.87. The summed E-state index contributed by atoms with van der Waals surface area (Å²) in [5, 5.41) is 0. The number of nitrogens with zero attached hydrogens (tertiary/aromatic N) is 3. The van der Waals surface area contributed by atoms with Crippen molar-refractivity contribution in [2.24, 2.45) is 0 Å². The van der Waals surface area contributed by atoms with Crippen molar-refractivity contribution in [1.29, 1.82) is 0 Å². The van der Waals surface area contributed by atoms with Gasteiger partial charge in [-0.25, -0.2) is 4.39 Å². The van der Waals surface area contributed by atoms with E-state index in [1.54, 1.807) is 23.2 Å². The first-order chi connectivity index (χ1) is 12.1. The average molecular weight is 343 g/mol. The first-order valence-corrected chi connectivity index (χ1v) is 8.39. The first-order valence-electron chi connectivity index (χ1n) is 8.39. The van der Waals surface area contributed by atoms with Crippen LogP contribution in [0.3, 0.4) is 0 Å². The highest BCUT2D eigenvalue weighted by Crippen LogP contribution is 2.24. The fourth-order valence-corrected chi connectivity index (χ4v) is 3.15. The van der Waals surface area contributed by atoms with Gasteiger partial charge in [-0.05, 0) is 37.6 Å². The van der Waals surface area contributed by atoms with E-state index >= 15 is 0 Å². The Hall–Kier alpha value is -2.63. The Bertz CT molecular complexity index is 766. The zero-order valence-corrected chi connectivity index (χ0v) is 14.5. The Balaban J connectivity index is 1.76. The largest absolute Gasteiger partial charge is 0.496 e. The zero-order chi connectivity index (χ0) is 17.8. The van der Waals surface area contributed by atoms with Gasteiger partial charge in [0.05, 0.1) is 7.11 Å². The van der Waals surface area contributed by atoms with E-state index in [0.717, 1.165) is 24.3 Å². The molecule has 6 heteroatoms. The van der Waals surface area contributed by atoms with Gasteiger partial charge in [0.2, 0.25) is 0 Å². The predicted octanol–water partition coefficient (Wildman–Crippen LogP) is 2.89. The van der Waals surface area contributed by atoms with Crippen LogP contribution in [-0.2, 0) is 0 Å². The quantitative estimate of drug-likeness (QED) is 0.860. The lowest BCUT2D eigenvalue weighted by atomic mass is 10.1. The minimum Gasteiger partial charge on any atom is -0.496 e. The highest BCUT2D eigenvalue weighted by atomic mass is 19.1. The van der Waals surface area contributed by atoms with Crippen LogP contribution in [0.15, 0.2) is 36.5 Å². The van der Waals surface area contributed by atoms with E-state index in [0.29, 0.717) is 19.6 Å². The molecule has 0 saturated carbocycles. The molecule has 2 aromatic rings. The van der Waals surface area contributed by atoms with Gasteiger partial charge in [0.25, 0.3) is 5.91 Å². The van der Waals surface area contributed by atoms with Crippen LogP contribution in [0.5, 0.6) is 5.75 Å². The van der Waals surface area contributed by atoms with Gasteiger partial charge in [0, 0.05) is 43.8 Å². The first kappa shape index (κ1) is 17.2. The SMILES string of the molecule is COc1cccc(F)c1C(=O)N1CCCN(c2ccnc(C)c2)CC1. The molecule has 1 aromatic carbocycles. The van der Waals surface area contributed by atoms with Gasteiger partial charge in [-0.2, -0.15) is 0 Å². The third kappa shape index (κ3) is 3.73. The van der Waals surface area contributed by atoms with Crippen molar-refractivity contribution in [3.8, 4) is 5.75 Å². The maximum atomic E-state index is 14.2. The second kappa shape index (κ2) is 7.51. The molecule has 0 aliphatic carbocycles. The monoisotopic (exact) mass is 343 g/mol. The summed E-state index contributed by atoms with van der Waals surface area (Å²) in [5.41, 5.74) is 2.08. The molecule has 132 valence electrons. The van der Waals surface area contributed by atoms with Crippen molar-refractivity contribution in [2.45, 2.75) is 13.3 Å². The molecule has 0 unspecified atom stereocenters. The van der Waals surface area contributed by atoms with E-state index in [-0.39, 0.29) is 17.2 Å². The van der Waals surface area contributed by atoms with Crippen LogP contribution in [-0.4, -0.2) is 49.1 Å². The fourth-order valence-electron chi connectivity index (χ4n) is 3.15. The molecule has 0 N–H and O–H groups in total. The van der Waals surface area contributed by atoms with E-state index < -0.39 is 5.82 Å². The number of rotatable bonds is 3. The number of aromatic nitrogens is 1. The number of aryl methyl sites for hydroxylation is 1. The molecule has 0 radical (unpaired) electrons. The van der Waals surface area contributed by atoms with Crippen LogP contribution in [0.1, 0.15) is 22.5 Å². The van der Waals surface area contributed by atoms with Crippen molar-refractivity contribution in [1.82, 2.24) is 9.88 Å². The van der Waals surface area contributed by atoms with Crippen LogP contribution in [0.4, 0.5) is 10.1 Å². The number of carbonyl (C=O) groups excluding carboxylic acids is 1. The van der Waals surface area contributed by atoms with Crippen molar-refractivity contribution < 1.29 is 13.9 Å². The van der Waals surface area contributed by atoms with Crippen LogP contribution < -0.4 is 9.64 Å². The van der Waals surface area contributed by atoms with Gasteiger partial charge in [-0.3, -0.25) is 9.78 Å². The summed E-state index contributed by atoms with van der Waals surface area (Å²) in [6.45, 7) is 4.64. The molecule has 0 atom stereocenters. The Morgan fingerprint density at radius 2 is 2.04 bits per heavy atom. The summed E-state index contributed by atoms with van der Waals surface area (Å²) in [4.78, 5) is 21.0. The van der Waals surface area contributed by atoms with Crippen LogP contribution in [0.2, 0.25) is 0 Å². The Kier molecular flexibility index (Phi) is 5.16. The van der Waals surface area contributed by atoms with Crippen molar-refractivity contribution in [3.05, 3.63) is 53.6 Å². The van der Waals surface area contributed by atoms with Crippen molar-refractivity contribution in [3.63, 3.8) is 0 Å². The number of benzene rings is 1. The molecule has 0 spiro atoms. The molecule has 3 rings (SSSR count). The Morgan fingerprint density at radius 1 is 1.20 bits per heavy atom. The topological polar surface area (TPSA) is 45.7 Å². The molecule has 2 heterocycles. The third-order valence-electron chi connectivity index (χ3n) is 4.44. The molecular formula is C19H22FN3O2. The summed E-state index contributed by atoms with van der Waals surface area (Å²) in [6, 6.07) is 8.46. The number of anilines is 1. The third-order valence-corrected chi connectivity index (χ3v) is 4.44. The van der Waals surface area contributed by atoms with E-state index in [2.05, 4.69) is 9.88 Å². The van der Waals surface area contributed by atoms with E-state index in [4.69, 9.17) is 4.74 Å². The molecule has 1 aliphatic rings. The van der Waals surface area contributed by atoms with Gasteiger partial charge in [-0.15, -0.1) is 0 Å². The van der Waals surface area contributed by atoms with Crippen LogP contribution in [0.25, 0.3) is 0 Å². The lowest BCUT2D eigenvalue weighted by molar-refractivity contribution is 0.0758. The Labute approximate surface area is 147 Å².